The van der Waals surface area contributed by atoms with Crippen molar-refractivity contribution >= 4 is 5.69 Å². The maximum Gasteiger partial charge on any atom is 0.269 e. The van der Waals surface area contributed by atoms with E-state index in [4.69, 9.17) is 0 Å². The predicted octanol–water partition coefficient (Wildman–Crippen LogP) is 2.34. The van der Waals surface area contributed by atoms with Crippen LogP contribution in [-0.2, 0) is 6.42 Å². The van der Waals surface area contributed by atoms with Gasteiger partial charge < -0.3 is 0 Å². The van der Waals surface area contributed by atoms with Crippen molar-refractivity contribution in [1.82, 2.24) is 0 Å². The van der Waals surface area contributed by atoms with E-state index in [9.17, 15) is 10.1 Å². The molecule has 63 valence electrons. The number of nitro benzene ring substituents is 1. The summed E-state index contributed by atoms with van der Waals surface area (Å²) in [6, 6.07) is 4.76. The SMILES string of the molecule is [CH2]c1cc([N+](=O)[O-])ccc1CC. The Hall–Kier alpha value is -1.38. The number of aryl methyl sites for hydroxylation is 1. The van der Waals surface area contributed by atoms with Gasteiger partial charge in [-0.1, -0.05) is 13.0 Å². The molecule has 0 aliphatic heterocycles. The summed E-state index contributed by atoms with van der Waals surface area (Å²) in [6.07, 6.45) is 0.858. The highest BCUT2D eigenvalue weighted by Crippen LogP contribution is 2.16. The summed E-state index contributed by atoms with van der Waals surface area (Å²) >= 11 is 0. The van der Waals surface area contributed by atoms with E-state index in [1.807, 2.05) is 6.92 Å². The predicted molar refractivity (Wildman–Crippen MR) is 46.9 cm³/mol. The van der Waals surface area contributed by atoms with E-state index < -0.39 is 4.92 Å². The molecule has 0 atom stereocenters. The van der Waals surface area contributed by atoms with Crippen LogP contribution in [0.1, 0.15) is 18.1 Å². The van der Waals surface area contributed by atoms with Crippen LogP contribution in [0.2, 0.25) is 0 Å². The summed E-state index contributed by atoms with van der Waals surface area (Å²) in [5.74, 6) is 0. The summed E-state index contributed by atoms with van der Waals surface area (Å²) < 4.78 is 0. The minimum absolute atomic E-state index is 0.109. The first-order valence-corrected chi connectivity index (χ1v) is 3.74. The van der Waals surface area contributed by atoms with Gasteiger partial charge in [-0.15, -0.1) is 0 Å². The van der Waals surface area contributed by atoms with E-state index >= 15 is 0 Å². The van der Waals surface area contributed by atoms with Crippen LogP contribution in [0, 0.1) is 17.0 Å². The van der Waals surface area contributed by atoms with Crippen LogP contribution in [-0.4, -0.2) is 4.92 Å². The standard InChI is InChI=1S/C9H10NO2/c1-3-8-4-5-9(10(11)12)6-7(8)2/h4-6H,2-3H2,1H3. The maximum absolute atomic E-state index is 10.3. The lowest BCUT2D eigenvalue weighted by Crippen LogP contribution is -1.91. The zero-order chi connectivity index (χ0) is 9.14. The van der Waals surface area contributed by atoms with Crippen LogP contribution in [0.5, 0.6) is 0 Å². The highest BCUT2D eigenvalue weighted by Gasteiger charge is 2.06. The average molecular weight is 164 g/mol. The van der Waals surface area contributed by atoms with Crippen LogP contribution in [0.15, 0.2) is 18.2 Å². The topological polar surface area (TPSA) is 43.1 Å². The molecule has 12 heavy (non-hydrogen) atoms. The second kappa shape index (κ2) is 3.34. The Morgan fingerprint density at radius 2 is 2.25 bits per heavy atom. The third-order valence-electron chi connectivity index (χ3n) is 1.78. The Morgan fingerprint density at radius 3 is 2.67 bits per heavy atom. The lowest BCUT2D eigenvalue weighted by Gasteiger charge is -2.00. The number of hydrogen-bond donors (Lipinski definition) is 0. The molecule has 0 unspecified atom stereocenters. The number of benzene rings is 1. The van der Waals surface area contributed by atoms with E-state index in [1.54, 1.807) is 6.07 Å². The molecule has 1 aromatic carbocycles. The molecule has 0 aliphatic rings. The quantitative estimate of drug-likeness (QED) is 0.497. The van der Waals surface area contributed by atoms with Gasteiger partial charge in [-0.2, -0.15) is 0 Å². The molecule has 0 amide bonds. The van der Waals surface area contributed by atoms with E-state index in [0.717, 1.165) is 17.5 Å². The van der Waals surface area contributed by atoms with Crippen LogP contribution in [0.4, 0.5) is 5.69 Å². The fourth-order valence-corrected chi connectivity index (χ4v) is 1.07. The molecule has 1 aromatic rings. The van der Waals surface area contributed by atoms with E-state index in [-0.39, 0.29) is 5.69 Å². The molecular weight excluding hydrogens is 154 g/mol. The second-order valence-electron chi connectivity index (χ2n) is 2.56. The van der Waals surface area contributed by atoms with Crippen molar-refractivity contribution < 1.29 is 4.92 Å². The molecule has 0 fully saturated rings. The largest absolute Gasteiger partial charge is 0.269 e. The molecule has 0 saturated heterocycles. The van der Waals surface area contributed by atoms with Crippen molar-refractivity contribution in [3.63, 3.8) is 0 Å². The zero-order valence-corrected chi connectivity index (χ0v) is 6.91. The Balaban J connectivity index is 3.10. The number of nitro groups is 1. The van der Waals surface area contributed by atoms with Gasteiger partial charge in [0.05, 0.1) is 4.92 Å². The number of nitrogens with zero attached hydrogens (tertiary/aromatic N) is 1. The van der Waals surface area contributed by atoms with Crippen LogP contribution < -0.4 is 0 Å². The van der Waals surface area contributed by atoms with Gasteiger partial charge in [-0.3, -0.25) is 10.1 Å². The molecule has 1 radical (unpaired) electrons. The van der Waals surface area contributed by atoms with Gasteiger partial charge in [0.2, 0.25) is 0 Å². The minimum atomic E-state index is -0.409. The first-order chi connectivity index (χ1) is 5.65. The summed E-state index contributed by atoms with van der Waals surface area (Å²) in [5.41, 5.74) is 1.91. The minimum Gasteiger partial charge on any atom is -0.258 e. The highest BCUT2D eigenvalue weighted by molar-refractivity contribution is 5.41. The van der Waals surface area contributed by atoms with Gasteiger partial charge in [0.1, 0.15) is 0 Å². The van der Waals surface area contributed by atoms with E-state index in [1.165, 1.54) is 12.1 Å². The maximum atomic E-state index is 10.3. The van der Waals surface area contributed by atoms with Crippen LogP contribution >= 0.6 is 0 Å². The van der Waals surface area contributed by atoms with Gasteiger partial charge in [0.15, 0.2) is 0 Å². The fourth-order valence-electron chi connectivity index (χ4n) is 1.07. The third kappa shape index (κ3) is 1.61. The summed E-state index contributed by atoms with van der Waals surface area (Å²) in [7, 11) is 0. The number of rotatable bonds is 2. The lowest BCUT2D eigenvalue weighted by molar-refractivity contribution is -0.384. The van der Waals surface area contributed by atoms with Crippen molar-refractivity contribution in [2.24, 2.45) is 0 Å². The fraction of sp³-hybridized carbons (Fsp3) is 0.222. The molecule has 0 bridgehead atoms. The molecule has 0 heterocycles. The van der Waals surface area contributed by atoms with E-state index in [2.05, 4.69) is 6.92 Å². The first kappa shape index (κ1) is 8.71. The van der Waals surface area contributed by atoms with Gasteiger partial charge in [0, 0.05) is 12.1 Å². The first-order valence-electron chi connectivity index (χ1n) is 3.74. The molecular formula is C9H10NO2. The Kier molecular flexibility index (Phi) is 2.43. The molecule has 1 rings (SSSR count). The van der Waals surface area contributed by atoms with Crippen molar-refractivity contribution in [2.45, 2.75) is 13.3 Å². The smallest absolute Gasteiger partial charge is 0.258 e. The second-order valence-corrected chi connectivity index (χ2v) is 2.56. The summed E-state index contributed by atoms with van der Waals surface area (Å²) in [5, 5.41) is 10.3. The Labute approximate surface area is 71.2 Å². The number of non-ortho nitro benzene ring substituents is 1. The average Bonchev–Trinajstić information content (AvgIpc) is 2.04. The van der Waals surface area contributed by atoms with Gasteiger partial charge in [-0.25, -0.2) is 0 Å². The van der Waals surface area contributed by atoms with Gasteiger partial charge in [-0.05, 0) is 24.5 Å². The molecule has 3 heteroatoms. The molecule has 0 saturated carbocycles. The Morgan fingerprint density at radius 1 is 1.58 bits per heavy atom. The van der Waals surface area contributed by atoms with E-state index in [0.29, 0.717) is 0 Å². The summed E-state index contributed by atoms with van der Waals surface area (Å²) in [6.45, 7) is 5.73. The van der Waals surface area contributed by atoms with Gasteiger partial charge >= 0.3 is 0 Å². The van der Waals surface area contributed by atoms with Crippen molar-refractivity contribution in [3.05, 3.63) is 46.4 Å². The zero-order valence-electron chi connectivity index (χ0n) is 6.91. The van der Waals surface area contributed by atoms with Crippen LogP contribution in [0.3, 0.4) is 0 Å². The molecule has 3 nitrogen and oxygen atoms in total. The normalized spacial score (nSPS) is 9.83. The molecule has 0 N–H and O–H groups in total. The third-order valence-corrected chi connectivity index (χ3v) is 1.78. The lowest BCUT2D eigenvalue weighted by atomic mass is 10.1. The molecule has 0 spiro atoms. The summed E-state index contributed by atoms with van der Waals surface area (Å²) in [4.78, 5) is 9.92. The monoisotopic (exact) mass is 164 g/mol. The highest BCUT2D eigenvalue weighted by atomic mass is 16.6. The molecule has 0 aliphatic carbocycles. The number of hydrogen-bond acceptors (Lipinski definition) is 2. The Bertz CT molecular complexity index is 307. The van der Waals surface area contributed by atoms with Crippen molar-refractivity contribution in [2.75, 3.05) is 0 Å². The van der Waals surface area contributed by atoms with Crippen molar-refractivity contribution in [1.29, 1.82) is 0 Å². The van der Waals surface area contributed by atoms with Crippen LogP contribution in [0.25, 0.3) is 0 Å². The molecule has 0 aromatic heterocycles. The van der Waals surface area contributed by atoms with Gasteiger partial charge in [0.25, 0.3) is 5.69 Å². The van der Waals surface area contributed by atoms with Crippen molar-refractivity contribution in [3.8, 4) is 0 Å².